The van der Waals surface area contributed by atoms with Crippen LogP contribution in [0.1, 0.15) is 5.56 Å². The average molecular weight is 241 g/mol. The van der Waals surface area contributed by atoms with E-state index in [0.29, 0.717) is 13.2 Å². The van der Waals surface area contributed by atoms with Crippen molar-refractivity contribution < 1.29 is 19.0 Å². The lowest BCUT2D eigenvalue weighted by atomic mass is 10.2. The number of hydrogen-bond donors (Lipinski definition) is 2. The van der Waals surface area contributed by atoms with E-state index in [4.69, 9.17) is 9.47 Å². The number of halogens is 1. The van der Waals surface area contributed by atoms with Gasteiger partial charge in [0.1, 0.15) is 6.10 Å². The van der Waals surface area contributed by atoms with Gasteiger partial charge in [0.05, 0.1) is 13.2 Å². The molecule has 2 rings (SSSR count). The Kier molecular flexibility index (Phi) is 3.93. The average Bonchev–Trinajstić information content (AvgIpc) is 2.69. The molecule has 5 heteroatoms. The Labute approximate surface area is 99.4 Å². The van der Waals surface area contributed by atoms with Gasteiger partial charge in [-0.2, -0.15) is 0 Å². The maximum atomic E-state index is 13.7. The molecule has 94 valence electrons. The number of aliphatic hydroxyl groups is 1. The minimum absolute atomic E-state index is 0.152. The Morgan fingerprint density at radius 3 is 2.94 bits per heavy atom. The predicted molar refractivity (Wildman–Crippen MR) is 60.4 cm³/mol. The molecule has 4 nitrogen and oxygen atoms in total. The molecule has 0 spiro atoms. The standard InChI is InChI=1S/C12H16FNO3/c1-14-5-8-2-3-11(9(13)4-8)17-12-7-16-6-10(12)15/h2-4,10,12,14-15H,5-7H2,1H3. The van der Waals surface area contributed by atoms with Crippen molar-refractivity contribution in [1.29, 1.82) is 0 Å². The van der Waals surface area contributed by atoms with E-state index in [1.807, 2.05) is 0 Å². The van der Waals surface area contributed by atoms with Crippen molar-refractivity contribution in [3.05, 3.63) is 29.6 Å². The second-order valence-electron chi connectivity index (χ2n) is 4.06. The summed E-state index contributed by atoms with van der Waals surface area (Å²) in [4.78, 5) is 0. The predicted octanol–water partition coefficient (Wildman–Crippen LogP) is 0.684. The van der Waals surface area contributed by atoms with Crippen LogP contribution in [0.15, 0.2) is 18.2 Å². The van der Waals surface area contributed by atoms with Gasteiger partial charge in [-0.1, -0.05) is 6.07 Å². The van der Waals surface area contributed by atoms with Crippen LogP contribution in [0.5, 0.6) is 5.75 Å². The van der Waals surface area contributed by atoms with E-state index >= 15 is 0 Å². The summed E-state index contributed by atoms with van der Waals surface area (Å²) in [6.07, 6.45) is -1.17. The number of nitrogens with one attached hydrogen (secondary N) is 1. The van der Waals surface area contributed by atoms with Crippen LogP contribution in [-0.2, 0) is 11.3 Å². The van der Waals surface area contributed by atoms with Crippen LogP contribution in [0.3, 0.4) is 0 Å². The highest BCUT2D eigenvalue weighted by Gasteiger charge is 2.28. The summed E-state index contributed by atoms with van der Waals surface area (Å²) in [6, 6.07) is 4.79. The van der Waals surface area contributed by atoms with Gasteiger partial charge in [-0.05, 0) is 24.7 Å². The van der Waals surface area contributed by atoms with Gasteiger partial charge in [-0.25, -0.2) is 4.39 Å². The van der Waals surface area contributed by atoms with Gasteiger partial charge in [-0.3, -0.25) is 0 Å². The van der Waals surface area contributed by atoms with Gasteiger partial charge < -0.3 is 19.9 Å². The topological polar surface area (TPSA) is 50.7 Å². The smallest absolute Gasteiger partial charge is 0.165 e. The van der Waals surface area contributed by atoms with Crippen molar-refractivity contribution in [2.75, 3.05) is 20.3 Å². The fraction of sp³-hybridized carbons (Fsp3) is 0.500. The van der Waals surface area contributed by atoms with Crippen molar-refractivity contribution in [3.63, 3.8) is 0 Å². The van der Waals surface area contributed by atoms with Crippen LogP contribution in [-0.4, -0.2) is 37.6 Å². The van der Waals surface area contributed by atoms with Gasteiger partial charge in [0.25, 0.3) is 0 Å². The number of ether oxygens (including phenoxy) is 2. The molecule has 1 heterocycles. The van der Waals surface area contributed by atoms with Crippen LogP contribution in [0.2, 0.25) is 0 Å². The molecule has 0 saturated carbocycles. The van der Waals surface area contributed by atoms with Crippen molar-refractivity contribution in [2.24, 2.45) is 0 Å². The molecule has 0 aromatic heterocycles. The number of rotatable bonds is 4. The highest BCUT2D eigenvalue weighted by atomic mass is 19.1. The first-order valence-corrected chi connectivity index (χ1v) is 5.56. The lowest BCUT2D eigenvalue weighted by Crippen LogP contribution is -2.30. The first-order valence-electron chi connectivity index (χ1n) is 5.56. The second-order valence-corrected chi connectivity index (χ2v) is 4.06. The van der Waals surface area contributed by atoms with E-state index < -0.39 is 18.0 Å². The van der Waals surface area contributed by atoms with Gasteiger partial charge >= 0.3 is 0 Å². The highest BCUT2D eigenvalue weighted by molar-refractivity contribution is 5.29. The number of benzene rings is 1. The van der Waals surface area contributed by atoms with E-state index in [-0.39, 0.29) is 12.4 Å². The fourth-order valence-corrected chi connectivity index (χ4v) is 1.75. The summed E-state index contributed by atoms with van der Waals surface area (Å²) in [6.45, 7) is 1.13. The van der Waals surface area contributed by atoms with Crippen molar-refractivity contribution in [3.8, 4) is 5.75 Å². The molecule has 1 saturated heterocycles. The summed E-state index contributed by atoms with van der Waals surface area (Å²) < 4.78 is 24.1. The van der Waals surface area contributed by atoms with Gasteiger partial charge in [0.2, 0.25) is 0 Å². The van der Waals surface area contributed by atoms with Crippen molar-refractivity contribution in [1.82, 2.24) is 5.32 Å². The molecule has 2 atom stereocenters. The van der Waals surface area contributed by atoms with E-state index in [1.54, 1.807) is 19.2 Å². The van der Waals surface area contributed by atoms with Gasteiger partial charge in [0, 0.05) is 6.54 Å². The third kappa shape index (κ3) is 2.94. The largest absolute Gasteiger partial charge is 0.482 e. The number of hydrogen-bond acceptors (Lipinski definition) is 4. The van der Waals surface area contributed by atoms with Crippen LogP contribution in [0.25, 0.3) is 0 Å². The minimum Gasteiger partial charge on any atom is -0.482 e. The Balaban J connectivity index is 2.05. The molecule has 2 N–H and O–H groups in total. The van der Waals surface area contributed by atoms with Crippen LogP contribution < -0.4 is 10.1 Å². The van der Waals surface area contributed by atoms with E-state index in [2.05, 4.69) is 5.32 Å². The molecule has 2 unspecified atom stereocenters. The van der Waals surface area contributed by atoms with E-state index in [0.717, 1.165) is 5.56 Å². The zero-order valence-electron chi connectivity index (χ0n) is 9.65. The normalized spacial score (nSPS) is 23.9. The Morgan fingerprint density at radius 2 is 2.35 bits per heavy atom. The zero-order valence-corrected chi connectivity index (χ0v) is 9.65. The molecule has 1 fully saturated rings. The Morgan fingerprint density at radius 1 is 1.53 bits per heavy atom. The molecule has 1 aromatic carbocycles. The third-order valence-corrected chi connectivity index (χ3v) is 2.66. The third-order valence-electron chi connectivity index (χ3n) is 2.66. The van der Waals surface area contributed by atoms with Gasteiger partial charge in [-0.15, -0.1) is 0 Å². The van der Waals surface area contributed by atoms with Gasteiger partial charge in [0.15, 0.2) is 17.7 Å². The first kappa shape index (κ1) is 12.3. The maximum absolute atomic E-state index is 13.7. The zero-order chi connectivity index (χ0) is 12.3. The quantitative estimate of drug-likeness (QED) is 0.814. The fourth-order valence-electron chi connectivity index (χ4n) is 1.75. The lowest BCUT2D eigenvalue weighted by molar-refractivity contribution is 0.0708. The van der Waals surface area contributed by atoms with E-state index in [9.17, 15) is 9.50 Å². The molecule has 1 aliphatic rings. The Bertz CT molecular complexity index is 386. The summed E-state index contributed by atoms with van der Waals surface area (Å²) in [5, 5.41) is 12.4. The Hall–Kier alpha value is -1.17. The van der Waals surface area contributed by atoms with E-state index in [1.165, 1.54) is 6.07 Å². The maximum Gasteiger partial charge on any atom is 0.165 e. The summed E-state index contributed by atoms with van der Waals surface area (Å²) in [5.41, 5.74) is 0.848. The molecule has 1 aliphatic heterocycles. The molecule has 0 amide bonds. The van der Waals surface area contributed by atoms with Crippen LogP contribution in [0.4, 0.5) is 4.39 Å². The summed E-state index contributed by atoms with van der Waals surface area (Å²) >= 11 is 0. The monoisotopic (exact) mass is 241 g/mol. The minimum atomic E-state index is -0.689. The SMILES string of the molecule is CNCc1ccc(OC2COCC2O)c(F)c1. The molecular weight excluding hydrogens is 225 g/mol. The molecule has 0 radical (unpaired) electrons. The molecule has 0 bridgehead atoms. The number of aliphatic hydroxyl groups excluding tert-OH is 1. The second kappa shape index (κ2) is 5.44. The molecular formula is C12H16FNO3. The van der Waals surface area contributed by atoms with Crippen molar-refractivity contribution in [2.45, 2.75) is 18.8 Å². The first-order chi connectivity index (χ1) is 8.20. The lowest BCUT2D eigenvalue weighted by Gasteiger charge is -2.16. The van der Waals surface area contributed by atoms with Crippen LogP contribution in [0, 0.1) is 5.82 Å². The molecule has 1 aromatic rings. The highest BCUT2D eigenvalue weighted by Crippen LogP contribution is 2.22. The summed E-state index contributed by atoms with van der Waals surface area (Å²) in [7, 11) is 1.80. The molecule has 0 aliphatic carbocycles. The molecule has 17 heavy (non-hydrogen) atoms. The summed E-state index contributed by atoms with van der Waals surface area (Å²) in [5.74, 6) is -0.267. The van der Waals surface area contributed by atoms with Crippen LogP contribution >= 0.6 is 0 Å². The van der Waals surface area contributed by atoms with Crippen molar-refractivity contribution >= 4 is 0 Å².